The summed E-state index contributed by atoms with van der Waals surface area (Å²) in [5, 5.41) is 6.01. The Morgan fingerprint density at radius 3 is 2.90 bits per heavy atom. The van der Waals surface area contributed by atoms with Gasteiger partial charge in [0.15, 0.2) is 0 Å². The molecule has 1 aromatic rings. The summed E-state index contributed by atoms with van der Waals surface area (Å²) < 4.78 is 5.15. The SMILES string of the molecule is CNCCCN(C)CC(=O)NCc1cccc(OC)c1. The maximum atomic E-state index is 11.8. The van der Waals surface area contributed by atoms with E-state index in [9.17, 15) is 4.79 Å². The first-order valence-electron chi connectivity index (χ1n) is 6.88. The van der Waals surface area contributed by atoms with Crippen LogP contribution in [0.4, 0.5) is 0 Å². The molecule has 1 amide bonds. The van der Waals surface area contributed by atoms with Crippen LogP contribution in [-0.4, -0.2) is 51.6 Å². The van der Waals surface area contributed by atoms with Gasteiger partial charge in [-0.2, -0.15) is 0 Å². The van der Waals surface area contributed by atoms with E-state index in [4.69, 9.17) is 4.74 Å². The third-order valence-corrected chi connectivity index (χ3v) is 3.00. The standard InChI is InChI=1S/C15H25N3O2/c1-16-8-5-9-18(2)12-15(19)17-11-13-6-4-7-14(10-13)20-3/h4,6-7,10,16H,5,8-9,11-12H2,1-3H3,(H,17,19). The molecule has 20 heavy (non-hydrogen) atoms. The topological polar surface area (TPSA) is 53.6 Å². The zero-order valence-corrected chi connectivity index (χ0v) is 12.6. The molecule has 0 radical (unpaired) electrons. The monoisotopic (exact) mass is 279 g/mol. The van der Waals surface area contributed by atoms with Crippen LogP contribution in [-0.2, 0) is 11.3 Å². The van der Waals surface area contributed by atoms with Crippen molar-refractivity contribution in [3.63, 3.8) is 0 Å². The van der Waals surface area contributed by atoms with E-state index in [2.05, 4.69) is 10.6 Å². The number of amides is 1. The first-order valence-corrected chi connectivity index (χ1v) is 6.88. The Labute approximate surface area is 121 Å². The first-order chi connectivity index (χ1) is 9.65. The summed E-state index contributed by atoms with van der Waals surface area (Å²) in [6.45, 7) is 2.83. The lowest BCUT2D eigenvalue weighted by molar-refractivity contribution is -0.122. The summed E-state index contributed by atoms with van der Waals surface area (Å²) >= 11 is 0. The zero-order chi connectivity index (χ0) is 14.8. The molecule has 0 fully saturated rings. The number of likely N-dealkylation sites (N-methyl/N-ethyl adjacent to an activating group) is 1. The molecule has 1 rings (SSSR count). The number of ether oxygens (including phenoxy) is 1. The highest BCUT2D eigenvalue weighted by Gasteiger charge is 2.06. The third-order valence-electron chi connectivity index (χ3n) is 3.00. The average molecular weight is 279 g/mol. The van der Waals surface area contributed by atoms with E-state index in [-0.39, 0.29) is 5.91 Å². The molecule has 0 heterocycles. The van der Waals surface area contributed by atoms with Gasteiger partial charge in [-0.25, -0.2) is 0 Å². The molecule has 0 aliphatic heterocycles. The lowest BCUT2D eigenvalue weighted by Crippen LogP contribution is -2.35. The number of hydrogen-bond acceptors (Lipinski definition) is 4. The Hall–Kier alpha value is -1.59. The highest BCUT2D eigenvalue weighted by molar-refractivity contribution is 5.77. The van der Waals surface area contributed by atoms with Gasteiger partial charge >= 0.3 is 0 Å². The second kappa shape index (κ2) is 9.34. The maximum absolute atomic E-state index is 11.8. The van der Waals surface area contributed by atoms with Crippen molar-refractivity contribution in [3.05, 3.63) is 29.8 Å². The molecule has 0 atom stereocenters. The fraction of sp³-hybridized carbons (Fsp3) is 0.533. The van der Waals surface area contributed by atoms with Crippen molar-refractivity contribution in [2.24, 2.45) is 0 Å². The van der Waals surface area contributed by atoms with Gasteiger partial charge in [0.2, 0.25) is 5.91 Å². The average Bonchev–Trinajstić information content (AvgIpc) is 2.45. The molecule has 0 saturated heterocycles. The van der Waals surface area contributed by atoms with E-state index >= 15 is 0 Å². The van der Waals surface area contributed by atoms with Crippen molar-refractivity contribution in [2.75, 3.05) is 40.8 Å². The summed E-state index contributed by atoms with van der Waals surface area (Å²) in [4.78, 5) is 13.8. The van der Waals surface area contributed by atoms with Gasteiger partial charge < -0.3 is 15.4 Å². The number of nitrogens with zero attached hydrogens (tertiary/aromatic N) is 1. The molecule has 0 bridgehead atoms. The van der Waals surface area contributed by atoms with Gasteiger partial charge in [0.1, 0.15) is 5.75 Å². The molecule has 5 nitrogen and oxygen atoms in total. The molecule has 0 aromatic heterocycles. The van der Waals surface area contributed by atoms with E-state index < -0.39 is 0 Å². The second-order valence-corrected chi connectivity index (χ2v) is 4.82. The van der Waals surface area contributed by atoms with Crippen LogP contribution in [0.2, 0.25) is 0 Å². The lowest BCUT2D eigenvalue weighted by Gasteiger charge is -2.16. The minimum Gasteiger partial charge on any atom is -0.497 e. The lowest BCUT2D eigenvalue weighted by atomic mass is 10.2. The maximum Gasteiger partial charge on any atom is 0.234 e. The number of hydrogen-bond donors (Lipinski definition) is 2. The van der Waals surface area contributed by atoms with Crippen LogP contribution in [0.15, 0.2) is 24.3 Å². The van der Waals surface area contributed by atoms with Crippen LogP contribution >= 0.6 is 0 Å². The largest absolute Gasteiger partial charge is 0.497 e. The molecule has 0 unspecified atom stereocenters. The summed E-state index contributed by atoms with van der Waals surface area (Å²) in [5.74, 6) is 0.848. The highest BCUT2D eigenvalue weighted by atomic mass is 16.5. The van der Waals surface area contributed by atoms with E-state index in [1.165, 1.54) is 0 Å². The van der Waals surface area contributed by atoms with Gasteiger partial charge in [-0.3, -0.25) is 9.69 Å². The van der Waals surface area contributed by atoms with Gasteiger partial charge in [0.05, 0.1) is 13.7 Å². The second-order valence-electron chi connectivity index (χ2n) is 4.82. The van der Waals surface area contributed by atoms with Crippen LogP contribution < -0.4 is 15.4 Å². The van der Waals surface area contributed by atoms with Gasteiger partial charge in [-0.15, -0.1) is 0 Å². The quantitative estimate of drug-likeness (QED) is 0.658. The molecule has 112 valence electrons. The Bertz CT molecular complexity index is 410. The van der Waals surface area contributed by atoms with Crippen molar-refractivity contribution >= 4 is 5.91 Å². The van der Waals surface area contributed by atoms with E-state index in [0.717, 1.165) is 30.8 Å². The van der Waals surface area contributed by atoms with E-state index in [1.807, 2.05) is 43.3 Å². The fourth-order valence-electron chi connectivity index (χ4n) is 1.89. The third kappa shape index (κ3) is 6.54. The Kier molecular flexibility index (Phi) is 7.69. The molecule has 2 N–H and O–H groups in total. The minimum atomic E-state index is 0.0415. The molecule has 1 aromatic carbocycles. The molecule has 0 saturated carbocycles. The Morgan fingerprint density at radius 1 is 1.40 bits per heavy atom. The number of rotatable bonds is 9. The predicted octanol–water partition coefficient (Wildman–Crippen LogP) is 0.853. The normalized spacial score (nSPS) is 10.6. The molecular formula is C15H25N3O2. The molecule has 0 spiro atoms. The van der Waals surface area contributed by atoms with Crippen molar-refractivity contribution in [1.29, 1.82) is 0 Å². The number of benzene rings is 1. The molecule has 0 aliphatic carbocycles. The van der Waals surface area contributed by atoms with Crippen LogP contribution in [0.3, 0.4) is 0 Å². The van der Waals surface area contributed by atoms with Gasteiger partial charge in [-0.1, -0.05) is 12.1 Å². The number of carbonyl (C=O) groups excluding carboxylic acids is 1. The smallest absolute Gasteiger partial charge is 0.234 e. The van der Waals surface area contributed by atoms with Gasteiger partial charge in [0.25, 0.3) is 0 Å². The molecular weight excluding hydrogens is 254 g/mol. The fourth-order valence-corrected chi connectivity index (χ4v) is 1.89. The van der Waals surface area contributed by atoms with Crippen LogP contribution in [0, 0.1) is 0 Å². The predicted molar refractivity (Wildman–Crippen MR) is 80.9 cm³/mol. The summed E-state index contributed by atoms with van der Waals surface area (Å²) in [5.41, 5.74) is 1.04. The van der Waals surface area contributed by atoms with Crippen LogP contribution in [0.25, 0.3) is 0 Å². The van der Waals surface area contributed by atoms with E-state index in [0.29, 0.717) is 13.1 Å². The Morgan fingerprint density at radius 2 is 2.20 bits per heavy atom. The van der Waals surface area contributed by atoms with E-state index in [1.54, 1.807) is 7.11 Å². The van der Waals surface area contributed by atoms with Crippen LogP contribution in [0.1, 0.15) is 12.0 Å². The molecule has 0 aliphatic rings. The van der Waals surface area contributed by atoms with Crippen molar-refractivity contribution < 1.29 is 9.53 Å². The summed E-state index contributed by atoms with van der Waals surface area (Å²) in [6, 6.07) is 7.71. The van der Waals surface area contributed by atoms with Crippen LogP contribution in [0.5, 0.6) is 5.75 Å². The zero-order valence-electron chi connectivity index (χ0n) is 12.6. The summed E-state index contributed by atoms with van der Waals surface area (Å²) in [7, 11) is 5.53. The summed E-state index contributed by atoms with van der Waals surface area (Å²) in [6.07, 6.45) is 1.04. The number of carbonyl (C=O) groups is 1. The van der Waals surface area contributed by atoms with Crippen molar-refractivity contribution in [1.82, 2.24) is 15.5 Å². The van der Waals surface area contributed by atoms with Crippen molar-refractivity contribution in [3.8, 4) is 5.75 Å². The van der Waals surface area contributed by atoms with Gasteiger partial charge in [-0.05, 0) is 51.3 Å². The Balaban J connectivity index is 2.28. The van der Waals surface area contributed by atoms with Crippen molar-refractivity contribution in [2.45, 2.75) is 13.0 Å². The number of methoxy groups -OCH3 is 1. The highest BCUT2D eigenvalue weighted by Crippen LogP contribution is 2.11. The minimum absolute atomic E-state index is 0.0415. The first kappa shape index (κ1) is 16.5. The molecule has 5 heteroatoms. The van der Waals surface area contributed by atoms with Gasteiger partial charge in [0, 0.05) is 6.54 Å². The number of nitrogens with one attached hydrogen (secondary N) is 2.